The number of nitrogens with one attached hydrogen (secondary N) is 2. The van der Waals surface area contributed by atoms with E-state index in [4.69, 9.17) is 9.47 Å². The lowest BCUT2D eigenvalue weighted by molar-refractivity contribution is -0.119. The summed E-state index contributed by atoms with van der Waals surface area (Å²) < 4.78 is 12.7. The molecule has 0 bridgehead atoms. The van der Waals surface area contributed by atoms with Gasteiger partial charge >= 0.3 is 5.97 Å². The quantitative estimate of drug-likeness (QED) is 0.447. The molecule has 1 fully saturated rings. The monoisotopic (exact) mass is 474 g/mol. The lowest BCUT2D eigenvalue weighted by Gasteiger charge is -2.23. The molecule has 188 valence electrons. The number of carbonyl (C=O) groups is 2. The minimum absolute atomic E-state index is 0.0218. The van der Waals surface area contributed by atoms with Gasteiger partial charge < -0.3 is 29.8 Å². The van der Waals surface area contributed by atoms with E-state index in [9.17, 15) is 14.7 Å². The number of hydrogen-bond donors (Lipinski definition) is 3. The topological polar surface area (TPSA) is 115 Å². The third-order valence-electron chi connectivity index (χ3n) is 6.21. The summed E-state index contributed by atoms with van der Waals surface area (Å²) in [5.74, 6) is -0.930. The third kappa shape index (κ3) is 6.07. The number of aliphatic hydroxyl groups is 1. The molecule has 1 amide bonds. The van der Waals surface area contributed by atoms with Crippen molar-refractivity contribution in [2.24, 2.45) is 5.92 Å². The number of hydrogen-bond acceptors (Lipinski definition) is 7. The molecule has 3 N–H and O–H groups in total. The first kappa shape index (κ1) is 26.0. The van der Waals surface area contributed by atoms with Crippen molar-refractivity contribution >= 4 is 34.3 Å². The molecule has 3 heterocycles. The molecule has 1 aliphatic rings. The molecule has 0 saturated carbocycles. The van der Waals surface area contributed by atoms with Crippen LogP contribution < -0.4 is 10.6 Å². The molecular weight excluding hydrogens is 436 g/mol. The average Bonchev–Trinajstić information content (AvgIpc) is 3.38. The van der Waals surface area contributed by atoms with Crippen LogP contribution >= 0.6 is 0 Å². The second kappa shape index (κ2) is 10.7. The predicted molar refractivity (Wildman–Crippen MR) is 132 cm³/mol. The summed E-state index contributed by atoms with van der Waals surface area (Å²) in [6.07, 6.45) is 4.74. The number of amides is 1. The maximum atomic E-state index is 12.9. The number of rotatable bonds is 10. The molecule has 0 spiro atoms. The van der Waals surface area contributed by atoms with Gasteiger partial charge in [0.15, 0.2) is 5.69 Å². The highest BCUT2D eigenvalue weighted by Gasteiger charge is 2.29. The van der Waals surface area contributed by atoms with E-state index in [1.807, 2.05) is 26.8 Å². The van der Waals surface area contributed by atoms with Crippen LogP contribution in [0.15, 0.2) is 12.3 Å². The summed E-state index contributed by atoms with van der Waals surface area (Å²) in [6.45, 7) is 10.4. The Morgan fingerprint density at radius 2 is 2.12 bits per heavy atom. The summed E-state index contributed by atoms with van der Waals surface area (Å²) in [4.78, 5) is 30.5. The molecule has 0 unspecified atom stereocenters. The van der Waals surface area contributed by atoms with Gasteiger partial charge in [-0.3, -0.25) is 4.79 Å². The zero-order valence-electron chi connectivity index (χ0n) is 21.1. The fourth-order valence-corrected chi connectivity index (χ4v) is 4.43. The van der Waals surface area contributed by atoms with Gasteiger partial charge in [-0.15, -0.1) is 0 Å². The Hall–Kier alpha value is -2.65. The van der Waals surface area contributed by atoms with Crippen molar-refractivity contribution in [3.63, 3.8) is 0 Å². The number of aromatic nitrogens is 2. The van der Waals surface area contributed by atoms with Crippen LogP contribution in [0.25, 0.3) is 11.0 Å². The van der Waals surface area contributed by atoms with Gasteiger partial charge in [0.25, 0.3) is 0 Å². The van der Waals surface area contributed by atoms with E-state index in [0.29, 0.717) is 42.7 Å². The normalized spacial score (nSPS) is 18.0. The van der Waals surface area contributed by atoms with Crippen molar-refractivity contribution in [3.8, 4) is 0 Å². The minimum atomic E-state index is -0.817. The molecule has 9 heteroatoms. The number of esters is 1. The lowest BCUT2D eigenvalue weighted by Crippen LogP contribution is -2.29. The first-order chi connectivity index (χ1) is 16.0. The Morgan fingerprint density at radius 3 is 2.71 bits per heavy atom. The molecule has 2 aromatic rings. The van der Waals surface area contributed by atoms with E-state index in [-0.39, 0.29) is 29.7 Å². The van der Waals surface area contributed by atoms with E-state index < -0.39 is 11.6 Å². The molecule has 34 heavy (non-hydrogen) atoms. The molecule has 3 rings (SSSR count). The van der Waals surface area contributed by atoms with Crippen molar-refractivity contribution in [3.05, 3.63) is 18.0 Å². The van der Waals surface area contributed by atoms with Gasteiger partial charge in [0.2, 0.25) is 5.91 Å². The van der Waals surface area contributed by atoms with Crippen LogP contribution in [0.5, 0.6) is 0 Å². The van der Waals surface area contributed by atoms with Crippen LogP contribution in [-0.2, 0) is 20.8 Å². The van der Waals surface area contributed by atoms with E-state index in [1.165, 1.54) is 7.11 Å². The van der Waals surface area contributed by atoms with Gasteiger partial charge in [-0.25, -0.2) is 9.78 Å². The predicted octanol–water partition coefficient (Wildman–Crippen LogP) is 3.95. The lowest BCUT2D eigenvalue weighted by atomic mass is 10.0. The van der Waals surface area contributed by atoms with Crippen LogP contribution in [0.2, 0.25) is 0 Å². The number of methoxy groups -OCH3 is 1. The number of carbonyl (C=O) groups excluding carboxylic acids is 2. The van der Waals surface area contributed by atoms with Gasteiger partial charge in [-0.05, 0) is 52.5 Å². The number of pyridine rings is 1. The minimum Gasteiger partial charge on any atom is -0.464 e. The molecule has 3 atom stereocenters. The number of ether oxygens (including phenoxy) is 2. The SMILES string of the molecule is CC[C@H](C)C(=O)Nc1c(C(=O)OC)n(C[C@H]2CCCO2)c2ncc(N[C@@H](C)CC(C)(C)O)cc12. The van der Waals surface area contributed by atoms with E-state index in [2.05, 4.69) is 15.6 Å². The highest BCUT2D eigenvalue weighted by Crippen LogP contribution is 2.34. The zero-order valence-corrected chi connectivity index (χ0v) is 21.1. The van der Waals surface area contributed by atoms with E-state index >= 15 is 0 Å². The Labute approximate surface area is 201 Å². The first-order valence-corrected chi connectivity index (χ1v) is 12.1. The number of nitrogens with zero attached hydrogens (tertiary/aromatic N) is 2. The molecule has 9 nitrogen and oxygen atoms in total. The summed E-state index contributed by atoms with van der Waals surface area (Å²) >= 11 is 0. The molecule has 2 aromatic heterocycles. The van der Waals surface area contributed by atoms with Crippen LogP contribution in [0.4, 0.5) is 11.4 Å². The fraction of sp³-hybridized carbons (Fsp3) is 0.640. The third-order valence-corrected chi connectivity index (χ3v) is 6.21. The van der Waals surface area contributed by atoms with E-state index in [0.717, 1.165) is 18.5 Å². The van der Waals surface area contributed by atoms with Gasteiger partial charge in [0, 0.05) is 24.0 Å². The number of fused-ring (bicyclic) bond motifs is 1. The molecule has 0 aliphatic carbocycles. The maximum Gasteiger partial charge on any atom is 0.356 e. The Kier molecular flexibility index (Phi) is 8.20. The van der Waals surface area contributed by atoms with Gasteiger partial charge in [-0.2, -0.15) is 0 Å². The van der Waals surface area contributed by atoms with Crippen molar-refractivity contribution in [1.82, 2.24) is 9.55 Å². The van der Waals surface area contributed by atoms with Gasteiger partial charge in [-0.1, -0.05) is 13.8 Å². The second-order valence-corrected chi connectivity index (χ2v) is 9.92. The van der Waals surface area contributed by atoms with Gasteiger partial charge in [0.1, 0.15) is 5.65 Å². The molecule has 0 radical (unpaired) electrons. The standard InChI is InChI=1S/C25H38N4O5/c1-7-15(2)23(30)28-20-19-11-17(27-16(3)12-25(4,5)32)13-26-22(19)29(21(20)24(31)33-6)14-18-9-8-10-34-18/h11,13,15-16,18,27,32H,7-10,12,14H2,1-6H3,(H,28,30)/t15-,16-,18+/m0/s1. The molecule has 1 aliphatic heterocycles. The van der Waals surface area contributed by atoms with Crippen LogP contribution in [0.1, 0.15) is 70.8 Å². The molecular formula is C25H38N4O5. The Bertz CT molecular complexity index is 1020. The summed E-state index contributed by atoms with van der Waals surface area (Å²) in [5.41, 5.74) is 1.16. The van der Waals surface area contributed by atoms with Gasteiger partial charge in [0.05, 0.1) is 42.9 Å². The summed E-state index contributed by atoms with van der Waals surface area (Å²) in [7, 11) is 1.33. The highest BCUT2D eigenvalue weighted by molar-refractivity contribution is 6.11. The summed E-state index contributed by atoms with van der Waals surface area (Å²) in [5, 5.41) is 17.1. The zero-order chi connectivity index (χ0) is 25.0. The van der Waals surface area contributed by atoms with Crippen molar-refractivity contribution in [1.29, 1.82) is 0 Å². The van der Waals surface area contributed by atoms with Crippen LogP contribution in [0, 0.1) is 5.92 Å². The smallest absolute Gasteiger partial charge is 0.356 e. The van der Waals surface area contributed by atoms with Crippen molar-refractivity contribution < 1.29 is 24.2 Å². The van der Waals surface area contributed by atoms with Crippen LogP contribution in [-0.4, -0.2) is 58.0 Å². The maximum absolute atomic E-state index is 12.9. The fourth-order valence-electron chi connectivity index (χ4n) is 4.43. The Balaban J connectivity index is 2.10. The second-order valence-electron chi connectivity index (χ2n) is 9.92. The molecule has 0 aromatic carbocycles. The molecule has 1 saturated heterocycles. The van der Waals surface area contributed by atoms with E-state index in [1.54, 1.807) is 24.6 Å². The summed E-state index contributed by atoms with van der Waals surface area (Å²) in [6, 6.07) is 1.86. The van der Waals surface area contributed by atoms with Crippen molar-refractivity contribution in [2.75, 3.05) is 24.4 Å². The Morgan fingerprint density at radius 1 is 1.38 bits per heavy atom. The van der Waals surface area contributed by atoms with Crippen LogP contribution in [0.3, 0.4) is 0 Å². The number of anilines is 2. The highest BCUT2D eigenvalue weighted by atomic mass is 16.5. The largest absolute Gasteiger partial charge is 0.464 e. The first-order valence-electron chi connectivity index (χ1n) is 12.1. The van der Waals surface area contributed by atoms with Crippen molar-refractivity contribution in [2.45, 2.75) is 84.6 Å². The average molecular weight is 475 g/mol.